The number of hydrogen-bond donors (Lipinski definition) is 2. The van der Waals surface area contributed by atoms with E-state index < -0.39 is 0 Å². The Morgan fingerprint density at radius 2 is 1.94 bits per heavy atom. The highest BCUT2D eigenvalue weighted by atomic mass is 16.5. The molecule has 1 aromatic carbocycles. The van der Waals surface area contributed by atoms with E-state index in [1.54, 1.807) is 23.3 Å². The summed E-state index contributed by atoms with van der Waals surface area (Å²) in [4.78, 5) is 24.0. The Kier molecular flexibility index (Phi) is 5.46. The van der Waals surface area contributed by atoms with E-state index in [-0.39, 0.29) is 17.1 Å². The number of ether oxygens (including phenoxy) is 1. The first-order chi connectivity index (χ1) is 14.8. The Hall–Kier alpha value is -3.68. The number of nitrogens with one attached hydrogen (secondary N) is 2. The molecule has 0 aliphatic carbocycles. The second-order valence-electron chi connectivity index (χ2n) is 8.46. The van der Waals surface area contributed by atoms with E-state index in [4.69, 9.17) is 4.74 Å². The number of anilines is 1. The minimum Gasteiger partial charge on any atom is -0.489 e. The predicted molar refractivity (Wildman–Crippen MR) is 120 cm³/mol. The zero-order valence-electron chi connectivity index (χ0n) is 18.1. The van der Waals surface area contributed by atoms with Crippen molar-refractivity contribution >= 4 is 17.0 Å². The van der Waals surface area contributed by atoms with E-state index in [1.807, 2.05) is 64.1 Å². The molecule has 0 bridgehead atoms. The molecule has 0 saturated carbocycles. The standard InChI is InChI=1S/C23H26N6O2/c1-15(17-7-9-18(10-8-17)31-14-16-6-5-11-24-12-16)26-22-27-20-19(21(30)28-22)13-25-29(20)23(2,3)4/h5-13,15H,14H2,1-4H3,(H2,26,27,28,30). The number of benzene rings is 1. The number of rotatable bonds is 6. The number of hydrogen-bond acceptors (Lipinski definition) is 6. The molecule has 0 amide bonds. The van der Waals surface area contributed by atoms with Crippen molar-refractivity contribution in [2.24, 2.45) is 0 Å². The summed E-state index contributed by atoms with van der Waals surface area (Å²) in [5.74, 6) is 1.19. The van der Waals surface area contributed by atoms with Crippen LogP contribution in [0.5, 0.6) is 5.75 Å². The minimum absolute atomic E-state index is 0.0704. The third kappa shape index (κ3) is 4.58. The van der Waals surface area contributed by atoms with Gasteiger partial charge in [0.15, 0.2) is 5.65 Å². The molecule has 1 atom stereocenters. The van der Waals surface area contributed by atoms with Crippen molar-refractivity contribution in [1.29, 1.82) is 0 Å². The summed E-state index contributed by atoms with van der Waals surface area (Å²) in [6, 6.07) is 11.6. The smallest absolute Gasteiger partial charge is 0.263 e. The molecular formula is C23H26N6O2. The number of fused-ring (bicyclic) bond motifs is 1. The van der Waals surface area contributed by atoms with Crippen LogP contribution < -0.4 is 15.6 Å². The van der Waals surface area contributed by atoms with Crippen LogP contribution in [0.15, 0.2) is 59.8 Å². The van der Waals surface area contributed by atoms with Gasteiger partial charge in [-0.2, -0.15) is 10.1 Å². The number of aromatic amines is 1. The van der Waals surface area contributed by atoms with Crippen LogP contribution in [0.3, 0.4) is 0 Å². The molecule has 0 saturated heterocycles. The Balaban J connectivity index is 1.48. The molecule has 2 N–H and O–H groups in total. The van der Waals surface area contributed by atoms with Gasteiger partial charge in [-0.1, -0.05) is 18.2 Å². The van der Waals surface area contributed by atoms with Gasteiger partial charge in [0, 0.05) is 18.0 Å². The van der Waals surface area contributed by atoms with E-state index in [1.165, 1.54) is 0 Å². The molecule has 0 fully saturated rings. The van der Waals surface area contributed by atoms with Gasteiger partial charge in [-0.15, -0.1) is 0 Å². The molecule has 8 nitrogen and oxygen atoms in total. The molecule has 0 aliphatic rings. The third-order valence-corrected chi connectivity index (χ3v) is 4.94. The van der Waals surface area contributed by atoms with Crippen molar-refractivity contribution in [3.05, 3.63) is 76.5 Å². The summed E-state index contributed by atoms with van der Waals surface area (Å²) in [7, 11) is 0. The van der Waals surface area contributed by atoms with Gasteiger partial charge < -0.3 is 10.1 Å². The SMILES string of the molecule is CC(Nc1nc2c(cnn2C(C)(C)C)c(=O)[nH]1)c1ccc(OCc2cccnc2)cc1. The second kappa shape index (κ2) is 8.22. The fourth-order valence-corrected chi connectivity index (χ4v) is 3.27. The van der Waals surface area contributed by atoms with Crippen LogP contribution in [0.4, 0.5) is 5.95 Å². The average Bonchev–Trinajstić information content (AvgIpc) is 3.18. The molecule has 0 radical (unpaired) electrons. The Morgan fingerprint density at radius 3 is 2.61 bits per heavy atom. The lowest BCUT2D eigenvalue weighted by atomic mass is 10.1. The highest BCUT2D eigenvalue weighted by Gasteiger charge is 2.20. The van der Waals surface area contributed by atoms with Crippen molar-refractivity contribution in [2.75, 3.05) is 5.32 Å². The molecule has 8 heteroatoms. The van der Waals surface area contributed by atoms with Crippen molar-refractivity contribution in [1.82, 2.24) is 24.7 Å². The van der Waals surface area contributed by atoms with Crippen molar-refractivity contribution < 1.29 is 4.74 Å². The highest BCUT2D eigenvalue weighted by Crippen LogP contribution is 2.22. The van der Waals surface area contributed by atoms with Crippen molar-refractivity contribution in [2.45, 2.75) is 45.9 Å². The van der Waals surface area contributed by atoms with Crippen LogP contribution in [0.1, 0.15) is 44.9 Å². The van der Waals surface area contributed by atoms with Gasteiger partial charge in [0.05, 0.1) is 17.8 Å². The average molecular weight is 419 g/mol. The zero-order chi connectivity index (χ0) is 22.0. The van der Waals surface area contributed by atoms with E-state index >= 15 is 0 Å². The summed E-state index contributed by atoms with van der Waals surface area (Å²) in [5.41, 5.74) is 2.12. The topological polar surface area (TPSA) is 97.7 Å². The summed E-state index contributed by atoms with van der Waals surface area (Å²) in [5, 5.41) is 8.10. The van der Waals surface area contributed by atoms with Crippen molar-refractivity contribution in [3.63, 3.8) is 0 Å². The van der Waals surface area contributed by atoms with E-state index in [0.717, 1.165) is 16.9 Å². The summed E-state index contributed by atoms with van der Waals surface area (Å²) < 4.78 is 7.58. The van der Waals surface area contributed by atoms with Crippen LogP contribution in [-0.2, 0) is 12.1 Å². The van der Waals surface area contributed by atoms with Crippen molar-refractivity contribution in [3.8, 4) is 5.75 Å². The van der Waals surface area contributed by atoms with E-state index in [9.17, 15) is 4.79 Å². The normalized spacial score (nSPS) is 12.6. The van der Waals surface area contributed by atoms with Crippen LogP contribution in [0, 0.1) is 0 Å². The lowest BCUT2D eigenvalue weighted by Gasteiger charge is -2.20. The van der Waals surface area contributed by atoms with Crippen LogP contribution in [0.2, 0.25) is 0 Å². The molecule has 31 heavy (non-hydrogen) atoms. The maximum atomic E-state index is 12.5. The molecule has 160 valence electrons. The van der Waals surface area contributed by atoms with Gasteiger partial charge in [0.25, 0.3) is 5.56 Å². The highest BCUT2D eigenvalue weighted by molar-refractivity contribution is 5.74. The van der Waals surface area contributed by atoms with Crippen LogP contribution >= 0.6 is 0 Å². The first-order valence-electron chi connectivity index (χ1n) is 10.2. The first kappa shape index (κ1) is 20.6. The number of nitrogens with zero attached hydrogens (tertiary/aromatic N) is 4. The maximum Gasteiger partial charge on any atom is 0.263 e. The molecule has 3 heterocycles. The van der Waals surface area contributed by atoms with Crippen LogP contribution in [0.25, 0.3) is 11.0 Å². The van der Waals surface area contributed by atoms with Gasteiger partial charge >= 0.3 is 0 Å². The van der Waals surface area contributed by atoms with Crippen LogP contribution in [-0.4, -0.2) is 24.7 Å². The fraction of sp³-hybridized carbons (Fsp3) is 0.304. The molecule has 3 aromatic heterocycles. The van der Waals surface area contributed by atoms with Gasteiger partial charge in [0.2, 0.25) is 5.95 Å². The number of H-pyrrole nitrogens is 1. The largest absolute Gasteiger partial charge is 0.489 e. The quantitative estimate of drug-likeness (QED) is 0.491. The first-order valence-corrected chi connectivity index (χ1v) is 10.2. The van der Waals surface area contributed by atoms with Gasteiger partial charge in [-0.05, 0) is 51.5 Å². The predicted octanol–water partition coefficient (Wildman–Crippen LogP) is 4.02. The third-order valence-electron chi connectivity index (χ3n) is 4.94. The zero-order valence-corrected chi connectivity index (χ0v) is 18.1. The lowest BCUT2D eigenvalue weighted by molar-refractivity contribution is 0.305. The maximum absolute atomic E-state index is 12.5. The van der Waals surface area contributed by atoms with Gasteiger partial charge in [0.1, 0.15) is 17.7 Å². The molecular weight excluding hydrogens is 392 g/mol. The minimum atomic E-state index is -0.281. The Morgan fingerprint density at radius 1 is 1.16 bits per heavy atom. The molecule has 4 rings (SSSR count). The molecule has 0 spiro atoms. The van der Waals surface area contributed by atoms with Gasteiger partial charge in [-0.3, -0.25) is 14.8 Å². The summed E-state index contributed by atoms with van der Waals surface area (Å²) in [6.07, 6.45) is 5.09. The van der Waals surface area contributed by atoms with E-state index in [2.05, 4.69) is 25.4 Å². The second-order valence-corrected chi connectivity index (χ2v) is 8.46. The fourth-order valence-electron chi connectivity index (χ4n) is 3.27. The number of pyridine rings is 1. The monoisotopic (exact) mass is 418 g/mol. The molecule has 0 aliphatic heterocycles. The lowest BCUT2D eigenvalue weighted by Crippen LogP contribution is -2.24. The summed E-state index contributed by atoms with van der Waals surface area (Å²) in [6.45, 7) is 8.55. The Bertz CT molecular complexity index is 1220. The van der Waals surface area contributed by atoms with Gasteiger partial charge in [-0.25, -0.2) is 4.68 Å². The molecule has 4 aromatic rings. The van der Waals surface area contributed by atoms with E-state index in [0.29, 0.717) is 23.6 Å². The molecule has 1 unspecified atom stereocenters. The number of aromatic nitrogens is 5. The summed E-state index contributed by atoms with van der Waals surface area (Å²) >= 11 is 0. The Labute approximate surface area is 180 Å².